The van der Waals surface area contributed by atoms with E-state index in [1.165, 1.54) is 12.1 Å². The van der Waals surface area contributed by atoms with E-state index in [-0.39, 0.29) is 17.6 Å². The van der Waals surface area contributed by atoms with Gasteiger partial charge in [-0.05, 0) is 60.4 Å². The average Bonchev–Trinajstić information content (AvgIpc) is 3.35. The molecular weight excluding hydrogens is 405 g/mol. The lowest BCUT2D eigenvalue weighted by atomic mass is 9.96. The van der Waals surface area contributed by atoms with Crippen LogP contribution in [-0.2, 0) is 0 Å². The summed E-state index contributed by atoms with van der Waals surface area (Å²) in [4.78, 5) is 19.3. The number of rotatable bonds is 4. The van der Waals surface area contributed by atoms with Crippen LogP contribution in [0.4, 0.5) is 4.39 Å². The molecule has 1 amide bonds. The fraction of sp³-hybridized carbons (Fsp3) is 0.192. The van der Waals surface area contributed by atoms with Crippen molar-refractivity contribution >= 4 is 5.91 Å². The second-order valence-corrected chi connectivity index (χ2v) is 7.97. The van der Waals surface area contributed by atoms with Crippen molar-refractivity contribution in [3.05, 3.63) is 96.1 Å². The van der Waals surface area contributed by atoms with Crippen LogP contribution in [0.15, 0.2) is 83.4 Å². The zero-order valence-electron chi connectivity index (χ0n) is 17.4. The maximum absolute atomic E-state index is 13.1. The molecule has 160 valence electrons. The molecule has 0 atom stereocenters. The fourth-order valence-electron chi connectivity index (χ4n) is 4.07. The van der Waals surface area contributed by atoms with Crippen molar-refractivity contribution in [2.24, 2.45) is 0 Å². The molecule has 0 unspecified atom stereocenters. The highest BCUT2D eigenvalue weighted by Gasteiger charge is 2.28. The third-order valence-corrected chi connectivity index (χ3v) is 5.91. The minimum atomic E-state index is -0.302. The molecule has 3 aromatic carbocycles. The number of piperidine rings is 1. The first kappa shape index (κ1) is 20.1. The number of likely N-dealkylation sites (tertiary alicyclic amines) is 1. The molecule has 5 rings (SSSR count). The first-order chi connectivity index (χ1) is 15.7. The molecule has 0 saturated carbocycles. The number of nitrogens with zero attached hydrogens (tertiary/aromatic N) is 3. The van der Waals surface area contributed by atoms with Crippen LogP contribution < -0.4 is 0 Å². The quantitative estimate of drug-likeness (QED) is 0.428. The van der Waals surface area contributed by atoms with E-state index in [0.717, 1.165) is 24.0 Å². The van der Waals surface area contributed by atoms with Crippen molar-refractivity contribution in [1.82, 2.24) is 15.0 Å². The summed E-state index contributed by atoms with van der Waals surface area (Å²) in [5.41, 5.74) is 3.63. The fourth-order valence-corrected chi connectivity index (χ4v) is 4.07. The maximum atomic E-state index is 13.1. The van der Waals surface area contributed by atoms with Gasteiger partial charge in [0.15, 0.2) is 0 Å². The summed E-state index contributed by atoms with van der Waals surface area (Å²) < 4.78 is 18.6. The predicted octanol–water partition coefficient (Wildman–Crippen LogP) is 5.56. The molecule has 2 heterocycles. The van der Waals surface area contributed by atoms with E-state index in [1.54, 1.807) is 12.1 Å². The highest BCUT2D eigenvalue weighted by Crippen LogP contribution is 2.29. The molecule has 0 radical (unpaired) electrons. The van der Waals surface area contributed by atoms with Crippen molar-refractivity contribution < 1.29 is 13.7 Å². The molecule has 5 nitrogen and oxygen atoms in total. The Morgan fingerprint density at radius 1 is 0.844 bits per heavy atom. The standard InChI is InChI=1S/C26H22FN3O2/c27-23-12-10-20(11-13-23)24-28-25(32-29-24)21-14-16-30(17-15-21)26(31)22-8-6-19(7-9-22)18-4-2-1-3-5-18/h1-13,21H,14-17H2. The van der Waals surface area contributed by atoms with E-state index in [4.69, 9.17) is 4.52 Å². The molecule has 1 aromatic heterocycles. The molecule has 0 spiro atoms. The SMILES string of the molecule is O=C(c1ccc(-c2ccccc2)cc1)N1CCC(c2nc(-c3ccc(F)cc3)no2)CC1. The molecule has 1 fully saturated rings. The van der Waals surface area contributed by atoms with E-state index in [9.17, 15) is 9.18 Å². The van der Waals surface area contributed by atoms with Gasteiger partial charge in [0.2, 0.25) is 11.7 Å². The third kappa shape index (κ3) is 4.17. The van der Waals surface area contributed by atoms with Crippen molar-refractivity contribution in [2.45, 2.75) is 18.8 Å². The zero-order valence-corrected chi connectivity index (χ0v) is 17.4. The van der Waals surface area contributed by atoms with Crippen LogP contribution in [0.3, 0.4) is 0 Å². The second-order valence-electron chi connectivity index (χ2n) is 7.97. The van der Waals surface area contributed by atoms with E-state index in [2.05, 4.69) is 22.3 Å². The monoisotopic (exact) mass is 427 g/mol. The normalized spacial score (nSPS) is 14.5. The van der Waals surface area contributed by atoms with Gasteiger partial charge < -0.3 is 9.42 Å². The molecule has 1 saturated heterocycles. The van der Waals surface area contributed by atoms with Gasteiger partial charge in [-0.25, -0.2) is 4.39 Å². The second kappa shape index (κ2) is 8.75. The van der Waals surface area contributed by atoms with Crippen molar-refractivity contribution in [3.8, 4) is 22.5 Å². The van der Waals surface area contributed by atoms with Crippen LogP contribution >= 0.6 is 0 Å². The van der Waals surface area contributed by atoms with Gasteiger partial charge in [-0.1, -0.05) is 47.6 Å². The maximum Gasteiger partial charge on any atom is 0.253 e. The lowest BCUT2D eigenvalue weighted by Gasteiger charge is -2.30. The van der Waals surface area contributed by atoms with Gasteiger partial charge in [-0.2, -0.15) is 4.98 Å². The number of carbonyl (C=O) groups is 1. The van der Waals surface area contributed by atoms with Crippen LogP contribution in [0.5, 0.6) is 0 Å². The smallest absolute Gasteiger partial charge is 0.253 e. The molecule has 6 heteroatoms. The van der Waals surface area contributed by atoms with Crippen LogP contribution in [0.1, 0.15) is 35.0 Å². The van der Waals surface area contributed by atoms with Gasteiger partial charge in [0.1, 0.15) is 5.82 Å². The highest BCUT2D eigenvalue weighted by atomic mass is 19.1. The Kier molecular flexibility index (Phi) is 5.50. The van der Waals surface area contributed by atoms with Crippen molar-refractivity contribution in [3.63, 3.8) is 0 Å². The molecule has 32 heavy (non-hydrogen) atoms. The van der Waals surface area contributed by atoms with E-state index in [1.807, 2.05) is 47.4 Å². The number of aromatic nitrogens is 2. The largest absolute Gasteiger partial charge is 0.339 e. The highest BCUT2D eigenvalue weighted by molar-refractivity contribution is 5.94. The predicted molar refractivity (Wildman–Crippen MR) is 119 cm³/mol. The van der Waals surface area contributed by atoms with E-state index >= 15 is 0 Å². The Hall–Kier alpha value is -3.80. The third-order valence-electron chi connectivity index (χ3n) is 5.91. The van der Waals surface area contributed by atoms with Crippen molar-refractivity contribution in [1.29, 1.82) is 0 Å². The average molecular weight is 427 g/mol. The molecule has 1 aliphatic heterocycles. The first-order valence-electron chi connectivity index (χ1n) is 10.7. The van der Waals surface area contributed by atoms with Crippen molar-refractivity contribution in [2.75, 3.05) is 13.1 Å². The summed E-state index contributed by atoms with van der Waals surface area (Å²) >= 11 is 0. The molecule has 1 aliphatic rings. The minimum Gasteiger partial charge on any atom is -0.339 e. The van der Waals surface area contributed by atoms with E-state index < -0.39 is 0 Å². The summed E-state index contributed by atoms with van der Waals surface area (Å²) in [7, 11) is 0. The van der Waals surface area contributed by atoms with Gasteiger partial charge >= 0.3 is 0 Å². The minimum absolute atomic E-state index is 0.0422. The Morgan fingerprint density at radius 2 is 1.47 bits per heavy atom. The van der Waals surface area contributed by atoms with Gasteiger partial charge in [-0.3, -0.25) is 4.79 Å². The Balaban J connectivity index is 1.21. The summed E-state index contributed by atoms with van der Waals surface area (Å²) in [5.74, 6) is 0.881. The number of hydrogen-bond acceptors (Lipinski definition) is 4. The summed E-state index contributed by atoms with van der Waals surface area (Å²) in [6.07, 6.45) is 1.53. The Morgan fingerprint density at radius 3 is 2.16 bits per heavy atom. The van der Waals surface area contributed by atoms with Crippen LogP contribution in [0.2, 0.25) is 0 Å². The number of halogens is 1. The zero-order chi connectivity index (χ0) is 21.9. The van der Waals surface area contributed by atoms with E-state index in [0.29, 0.717) is 35.9 Å². The molecule has 4 aromatic rings. The lowest BCUT2D eigenvalue weighted by molar-refractivity contribution is 0.0704. The lowest BCUT2D eigenvalue weighted by Crippen LogP contribution is -2.38. The number of carbonyl (C=O) groups excluding carboxylic acids is 1. The Labute approximate surface area is 185 Å². The molecule has 0 bridgehead atoms. The molecule has 0 N–H and O–H groups in total. The topological polar surface area (TPSA) is 59.2 Å². The summed E-state index contributed by atoms with van der Waals surface area (Å²) in [6, 6.07) is 23.9. The Bertz CT molecular complexity index is 1200. The van der Waals surface area contributed by atoms with Gasteiger partial charge in [0.05, 0.1) is 0 Å². The van der Waals surface area contributed by atoms with Gasteiger partial charge in [0.25, 0.3) is 5.91 Å². The number of hydrogen-bond donors (Lipinski definition) is 0. The summed E-state index contributed by atoms with van der Waals surface area (Å²) in [5, 5.41) is 4.04. The number of benzene rings is 3. The van der Waals surface area contributed by atoms with Crippen LogP contribution in [-0.4, -0.2) is 34.0 Å². The molecular formula is C26H22FN3O2. The van der Waals surface area contributed by atoms with Gasteiger partial charge in [0, 0.05) is 30.1 Å². The summed E-state index contributed by atoms with van der Waals surface area (Å²) in [6.45, 7) is 1.27. The first-order valence-corrected chi connectivity index (χ1v) is 10.7. The molecule has 0 aliphatic carbocycles. The number of amides is 1. The van der Waals surface area contributed by atoms with Crippen LogP contribution in [0, 0.1) is 5.82 Å². The van der Waals surface area contributed by atoms with Crippen LogP contribution in [0.25, 0.3) is 22.5 Å². The van der Waals surface area contributed by atoms with Gasteiger partial charge in [-0.15, -0.1) is 0 Å².